The van der Waals surface area contributed by atoms with Crippen LogP contribution in [0.4, 0.5) is 0 Å². The van der Waals surface area contributed by atoms with Gasteiger partial charge in [0.05, 0.1) is 13.8 Å². The molecule has 6 atom stereocenters. The minimum Gasteiger partial charge on any atom is -0.228 e. The quantitative estimate of drug-likeness (QED) is 0.547. The fraction of sp³-hybridized carbons (Fsp3) is 0.857. The zero-order valence-electron chi connectivity index (χ0n) is 11.5. The average molecular weight is 331 g/mol. The van der Waals surface area contributed by atoms with Gasteiger partial charge in [0, 0.05) is 11.3 Å². The molecule has 0 spiro atoms. The summed E-state index contributed by atoms with van der Waals surface area (Å²) >= 11 is 3.84. The normalized spacial score (nSPS) is 62.3. The first-order valence-electron chi connectivity index (χ1n) is 6.49. The standard InChI is InChI=1S/C14H19BrO2S/c1-6-8-10-11(3)9(7-2)14(15)12(10,4)13(14,5)18(11,16)17/h9-10H,7H2,1-5H3/t9-,10+,11+,12+,13-,14+/m1/s1. The molecule has 0 aromatic carbocycles. The van der Waals surface area contributed by atoms with Gasteiger partial charge in [-0.15, -0.1) is 5.92 Å². The smallest absolute Gasteiger partial charge is 0.164 e. The highest BCUT2D eigenvalue weighted by molar-refractivity contribution is 9.10. The highest BCUT2D eigenvalue weighted by Crippen LogP contribution is 2.94. The first-order chi connectivity index (χ1) is 8.14. The molecule has 4 fully saturated rings. The zero-order chi connectivity index (χ0) is 13.8. The molecule has 4 bridgehead atoms. The second-order valence-electron chi connectivity index (χ2n) is 6.42. The Morgan fingerprint density at radius 3 is 2.17 bits per heavy atom. The van der Waals surface area contributed by atoms with Crippen molar-refractivity contribution >= 4 is 25.8 Å². The highest BCUT2D eigenvalue weighted by Gasteiger charge is 3.05. The first kappa shape index (κ1) is 13.0. The Balaban J connectivity index is 2.40. The molecule has 0 radical (unpaired) electrons. The molecule has 4 heteroatoms. The molecule has 2 nitrogen and oxygen atoms in total. The molecule has 0 unspecified atom stereocenters. The Labute approximate surface area is 118 Å². The molecule has 2 aliphatic carbocycles. The van der Waals surface area contributed by atoms with E-state index in [2.05, 4.69) is 41.6 Å². The largest absolute Gasteiger partial charge is 0.228 e. The fourth-order valence-electron chi connectivity index (χ4n) is 5.61. The number of hydrogen-bond donors (Lipinski definition) is 0. The summed E-state index contributed by atoms with van der Waals surface area (Å²) in [6.45, 7) is 9.84. The lowest BCUT2D eigenvalue weighted by molar-refractivity contribution is 0.353. The van der Waals surface area contributed by atoms with Gasteiger partial charge >= 0.3 is 0 Å². The summed E-state index contributed by atoms with van der Waals surface area (Å²) in [7, 11) is -3.15. The lowest BCUT2D eigenvalue weighted by Crippen LogP contribution is -2.39. The SMILES string of the molecule is CC#C[C@@H]1[C@]2(C)[C@@]3(Br)[C@H](CC)[C@]1(C)S(=O)(=O)[C@]23C. The molecule has 0 aromatic rings. The van der Waals surface area contributed by atoms with Crippen molar-refractivity contribution in [3.63, 3.8) is 0 Å². The number of alkyl halides is 1. The predicted octanol–water partition coefficient (Wildman–Crippen LogP) is 2.77. The van der Waals surface area contributed by atoms with Gasteiger partial charge in [0.1, 0.15) is 0 Å². The van der Waals surface area contributed by atoms with Crippen LogP contribution in [0.3, 0.4) is 0 Å². The summed E-state index contributed by atoms with van der Waals surface area (Å²) in [4.78, 5) is 0. The van der Waals surface area contributed by atoms with Crippen LogP contribution >= 0.6 is 15.9 Å². The maximum absolute atomic E-state index is 13.0. The summed E-state index contributed by atoms with van der Waals surface area (Å²) < 4.78 is 24.4. The Hall–Kier alpha value is -0.0100. The molecule has 2 saturated carbocycles. The summed E-state index contributed by atoms with van der Waals surface area (Å²) in [6, 6.07) is 0. The Morgan fingerprint density at radius 1 is 1.28 bits per heavy atom. The number of rotatable bonds is 1. The Bertz CT molecular complexity index is 615. The van der Waals surface area contributed by atoms with Crippen molar-refractivity contribution in [3.05, 3.63) is 0 Å². The van der Waals surface area contributed by atoms with Gasteiger partial charge in [0.25, 0.3) is 0 Å². The summed E-state index contributed by atoms with van der Waals surface area (Å²) in [6.07, 6.45) is 0.883. The minimum absolute atomic E-state index is 0.0469. The van der Waals surface area contributed by atoms with Crippen molar-refractivity contribution in [2.45, 2.75) is 54.9 Å². The third-order valence-corrected chi connectivity index (χ3v) is 12.4. The van der Waals surface area contributed by atoms with Crippen LogP contribution in [0.2, 0.25) is 0 Å². The van der Waals surface area contributed by atoms with E-state index < -0.39 is 19.3 Å². The van der Waals surface area contributed by atoms with Crippen LogP contribution in [0.25, 0.3) is 0 Å². The van der Waals surface area contributed by atoms with Crippen LogP contribution in [0.1, 0.15) is 41.0 Å². The van der Waals surface area contributed by atoms with Crippen molar-refractivity contribution < 1.29 is 8.42 Å². The van der Waals surface area contributed by atoms with E-state index in [1.54, 1.807) is 6.92 Å². The molecule has 4 aliphatic rings. The van der Waals surface area contributed by atoms with Gasteiger partial charge in [0.15, 0.2) is 9.84 Å². The predicted molar refractivity (Wildman–Crippen MR) is 76.2 cm³/mol. The monoisotopic (exact) mass is 330 g/mol. The van der Waals surface area contributed by atoms with Gasteiger partial charge in [0.2, 0.25) is 0 Å². The molecule has 2 aliphatic heterocycles. The molecule has 0 aromatic heterocycles. The van der Waals surface area contributed by atoms with E-state index in [4.69, 9.17) is 0 Å². The number of sulfone groups is 1. The van der Waals surface area contributed by atoms with E-state index >= 15 is 0 Å². The lowest BCUT2D eigenvalue weighted by atomic mass is 9.79. The van der Waals surface area contributed by atoms with E-state index in [0.717, 1.165) is 6.42 Å². The van der Waals surface area contributed by atoms with E-state index in [1.165, 1.54) is 0 Å². The van der Waals surface area contributed by atoms with E-state index in [0.29, 0.717) is 0 Å². The van der Waals surface area contributed by atoms with Crippen molar-refractivity contribution in [1.29, 1.82) is 0 Å². The topological polar surface area (TPSA) is 34.1 Å². The summed E-state index contributed by atoms with van der Waals surface area (Å²) in [5.41, 5.74) is -0.239. The van der Waals surface area contributed by atoms with Crippen LogP contribution in [0, 0.1) is 29.1 Å². The van der Waals surface area contributed by atoms with Crippen molar-refractivity contribution in [2.24, 2.45) is 17.3 Å². The van der Waals surface area contributed by atoms with Gasteiger partial charge in [-0.05, 0) is 26.7 Å². The van der Waals surface area contributed by atoms with Crippen LogP contribution in [0.5, 0.6) is 0 Å². The highest BCUT2D eigenvalue weighted by atomic mass is 79.9. The first-order valence-corrected chi connectivity index (χ1v) is 8.77. The van der Waals surface area contributed by atoms with Gasteiger partial charge in [-0.2, -0.15) is 0 Å². The molecule has 2 saturated heterocycles. The van der Waals surface area contributed by atoms with Crippen LogP contribution < -0.4 is 0 Å². The van der Waals surface area contributed by atoms with Crippen molar-refractivity contribution in [3.8, 4) is 11.8 Å². The molecule has 0 N–H and O–H groups in total. The molecule has 18 heavy (non-hydrogen) atoms. The van der Waals surface area contributed by atoms with Crippen LogP contribution in [-0.2, 0) is 9.84 Å². The Morgan fingerprint density at radius 2 is 1.83 bits per heavy atom. The van der Waals surface area contributed by atoms with Gasteiger partial charge in [-0.3, -0.25) is 0 Å². The van der Waals surface area contributed by atoms with Gasteiger partial charge < -0.3 is 0 Å². The molecular weight excluding hydrogens is 312 g/mol. The van der Waals surface area contributed by atoms with Crippen LogP contribution in [-0.4, -0.2) is 22.2 Å². The van der Waals surface area contributed by atoms with Crippen LogP contribution in [0.15, 0.2) is 0 Å². The number of hydrogen-bond acceptors (Lipinski definition) is 2. The number of halogens is 1. The average Bonchev–Trinajstić information content (AvgIpc) is 2.51. The van der Waals surface area contributed by atoms with Gasteiger partial charge in [-0.1, -0.05) is 42.1 Å². The van der Waals surface area contributed by atoms with Crippen molar-refractivity contribution in [1.82, 2.24) is 0 Å². The third-order valence-electron chi connectivity index (χ3n) is 6.51. The lowest BCUT2D eigenvalue weighted by Gasteiger charge is -2.28. The van der Waals surface area contributed by atoms with E-state index in [-0.39, 0.29) is 21.6 Å². The molecule has 4 rings (SSSR count). The molecule has 0 amide bonds. The minimum atomic E-state index is -3.15. The molecular formula is C14H19BrO2S. The summed E-state index contributed by atoms with van der Waals surface area (Å²) in [5.74, 6) is 6.29. The van der Waals surface area contributed by atoms with Gasteiger partial charge in [-0.25, -0.2) is 8.42 Å². The maximum atomic E-state index is 13.0. The Kier molecular flexibility index (Phi) is 2.06. The fourth-order valence-corrected chi connectivity index (χ4v) is 12.0. The third kappa shape index (κ3) is 0.693. The zero-order valence-corrected chi connectivity index (χ0v) is 13.9. The second kappa shape index (κ2) is 2.86. The van der Waals surface area contributed by atoms with Crippen molar-refractivity contribution in [2.75, 3.05) is 0 Å². The maximum Gasteiger partial charge on any atom is 0.164 e. The molecule has 2 heterocycles. The summed E-state index contributed by atoms with van der Waals surface area (Å²) in [5, 5.41) is 0. The van der Waals surface area contributed by atoms with E-state index in [9.17, 15) is 8.42 Å². The molecule has 100 valence electrons. The van der Waals surface area contributed by atoms with E-state index in [1.807, 2.05) is 13.8 Å². The second-order valence-corrected chi connectivity index (χ2v) is 10.4.